The molecule has 0 spiro atoms. The highest BCUT2D eigenvalue weighted by Crippen LogP contribution is 2.33. The number of rotatable bonds is 3. The van der Waals surface area contributed by atoms with Crippen LogP contribution >= 0.6 is 15.9 Å². The minimum Gasteiger partial charge on any atom is -0.427 e. The average molecular weight is 374 g/mol. The first kappa shape index (κ1) is 15.5. The molecule has 1 aliphatic heterocycles. The highest BCUT2D eigenvalue weighted by Gasteiger charge is 2.32. The molecule has 0 aromatic heterocycles. The van der Waals surface area contributed by atoms with E-state index >= 15 is 0 Å². The van der Waals surface area contributed by atoms with Crippen LogP contribution in [0.5, 0.6) is 0 Å². The number of amides is 1. The van der Waals surface area contributed by atoms with E-state index in [2.05, 4.69) is 21.2 Å². The van der Waals surface area contributed by atoms with E-state index in [0.29, 0.717) is 22.4 Å². The second kappa shape index (κ2) is 6.36. The molecule has 23 heavy (non-hydrogen) atoms. The molecule has 1 heterocycles. The van der Waals surface area contributed by atoms with Crippen LogP contribution in [-0.2, 0) is 9.53 Å². The fourth-order valence-corrected chi connectivity index (χ4v) is 2.77. The summed E-state index contributed by atoms with van der Waals surface area (Å²) >= 11 is 3.11. The zero-order chi connectivity index (χ0) is 16.4. The van der Waals surface area contributed by atoms with Gasteiger partial charge in [-0.3, -0.25) is 4.79 Å². The largest absolute Gasteiger partial charge is 0.427 e. The molecule has 0 radical (unpaired) electrons. The second-order valence-electron chi connectivity index (χ2n) is 4.89. The molecule has 6 heteroatoms. The number of hydrogen-bond acceptors (Lipinski definition) is 4. The molecule has 1 aliphatic rings. The van der Waals surface area contributed by atoms with Gasteiger partial charge in [0.25, 0.3) is 5.91 Å². The number of esters is 1. The third-order valence-corrected chi connectivity index (χ3v) is 4.10. The van der Waals surface area contributed by atoms with E-state index in [9.17, 15) is 14.7 Å². The second-order valence-corrected chi connectivity index (χ2v) is 5.68. The van der Waals surface area contributed by atoms with Gasteiger partial charge < -0.3 is 15.2 Å². The fourth-order valence-electron chi connectivity index (χ4n) is 2.25. The first-order valence-corrected chi connectivity index (χ1v) is 7.61. The molecule has 1 unspecified atom stereocenters. The minimum absolute atomic E-state index is 0.158. The Balaban J connectivity index is 1.89. The van der Waals surface area contributed by atoms with Crippen molar-refractivity contribution in [2.45, 2.75) is 6.29 Å². The fraction of sp³-hybridized carbons (Fsp3) is 0.0588. The number of aliphatic hydroxyl groups is 1. The van der Waals surface area contributed by atoms with E-state index in [1.807, 2.05) is 18.2 Å². The van der Waals surface area contributed by atoms with Crippen LogP contribution in [0.15, 0.2) is 59.1 Å². The van der Waals surface area contributed by atoms with E-state index in [-0.39, 0.29) is 10.4 Å². The lowest BCUT2D eigenvalue weighted by atomic mass is 10.0. The third kappa shape index (κ3) is 3.18. The van der Waals surface area contributed by atoms with Gasteiger partial charge in [-0.2, -0.15) is 0 Å². The molecule has 2 N–H and O–H groups in total. The maximum absolute atomic E-state index is 12.3. The van der Waals surface area contributed by atoms with Crippen LogP contribution in [0.4, 0.5) is 5.69 Å². The lowest BCUT2D eigenvalue weighted by molar-refractivity contribution is -0.149. The number of hydrogen-bond donors (Lipinski definition) is 2. The lowest BCUT2D eigenvalue weighted by Gasteiger charge is -2.10. The minimum atomic E-state index is -1.34. The van der Waals surface area contributed by atoms with Gasteiger partial charge in [-0.1, -0.05) is 30.3 Å². The van der Waals surface area contributed by atoms with Crippen LogP contribution in [0.2, 0.25) is 0 Å². The number of halogens is 1. The van der Waals surface area contributed by atoms with Crippen LogP contribution in [0.1, 0.15) is 15.9 Å². The standard InChI is InChI=1S/C17H12BrNO4/c18-14-13(16(21)23-17(14)22)10-5-4-6-11(9-10)15(20)19-12-7-2-1-3-8-12/h1-9,16,21H,(H,19,20). The van der Waals surface area contributed by atoms with Gasteiger partial charge in [0.15, 0.2) is 0 Å². The number of cyclic esters (lactones) is 1. The van der Waals surface area contributed by atoms with Crippen molar-refractivity contribution >= 4 is 39.1 Å². The van der Waals surface area contributed by atoms with E-state index in [1.165, 1.54) is 0 Å². The van der Waals surface area contributed by atoms with Crippen LogP contribution < -0.4 is 5.32 Å². The van der Waals surface area contributed by atoms with Crippen LogP contribution in [0, 0.1) is 0 Å². The summed E-state index contributed by atoms with van der Waals surface area (Å²) in [6.07, 6.45) is -1.34. The topological polar surface area (TPSA) is 75.6 Å². The molecule has 5 nitrogen and oxygen atoms in total. The van der Waals surface area contributed by atoms with Gasteiger partial charge in [0.2, 0.25) is 6.29 Å². The van der Waals surface area contributed by atoms with Gasteiger partial charge in [-0.15, -0.1) is 0 Å². The van der Waals surface area contributed by atoms with Gasteiger partial charge >= 0.3 is 5.97 Å². The van der Waals surface area contributed by atoms with Gasteiger partial charge in [-0.05, 0) is 45.8 Å². The summed E-state index contributed by atoms with van der Waals surface area (Å²) in [7, 11) is 0. The molecule has 2 aromatic rings. The van der Waals surface area contributed by atoms with E-state index < -0.39 is 12.3 Å². The van der Waals surface area contributed by atoms with Crippen LogP contribution in [0.3, 0.4) is 0 Å². The SMILES string of the molecule is O=C1OC(O)C(c2cccc(C(=O)Nc3ccccc3)c2)=C1Br. The van der Waals surface area contributed by atoms with Crippen molar-refractivity contribution in [3.63, 3.8) is 0 Å². The maximum Gasteiger partial charge on any atom is 0.348 e. The number of nitrogens with one attached hydrogen (secondary N) is 1. The smallest absolute Gasteiger partial charge is 0.348 e. The summed E-state index contributed by atoms with van der Waals surface area (Å²) in [6.45, 7) is 0. The number of aliphatic hydroxyl groups excluding tert-OH is 1. The van der Waals surface area contributed by atoms with Crippen LogP contribution in [0.25, 0.3) is 5.57 Å². The van der Waals surface area contributed by atoms with Gasteiger partial charge in [0, 0.05) is 16.8 Å². The van der Waals surface area contributed by atoms with Crippen LogP contribution in [-0.4, -0.2) is 23.3 Å². The first-order valence-electron chi connectivity index (χ1n) is 6.82. The monoisotopic (exact) mass is 373 g/mol. The molecule has 116 valence electrons. The summed E-state index contributed by atoms with van der Waals surface area (Å²) < 4.78 is 4.89. The molecule has 0 saturated carbocycles. The van der Waals surface area contributed by atoms with Gasteiger partial charge in [0.05, 0.1) is 0 Å². The predicted octanol–water partition coefficient (Wildman–Crippen LogP) is 2.92. The lowest BCUT2D eigenvalue weighted by Crippen LogP contribution is -2.13. The zero-order valence-electron chi connectivity index (χ0n) is 11.8. The van der Waals surface area contributed by atoms with Crippen molar-refractivity contribution in [3.8, 4) is 0 Å². The number of ether oxygens (including phenoxy) is 1. The normalized spacial score (nSPS) is 17.1. The molecular formula is C17H12BrNO4. The highest BCUT2D eigenvalue weighted by atomic mass is 79.9. The van der Waals surface area contributed by atoms with E-state index in [0.717, 1.165) is 0 Å². The van der Waals surface area contributed by atoms with Crippen molar-refractivity contribution in [1.82, 2.24) is 0 Å². The molecule has 1 amide bonds. The Morgan fingerprint density at radius 2 is 1.87 bits per heavy atom. The van der Waals surface area contributed by atoms with E-state index in [1.54, 1.807) is 36.4 Å². The molecule has 2 aromatic carbocycles. The Morgan fingerprint density at radius 3 is 2.52 bits per heavy atom. The summed E-state index contributed by atoms with van der Waals surface area (Å²) in [6, 6.07) is 15.7. The third-order valence-electron chi connectivity index (χ3n) is 3.35. The summed E-state index contributed by atoms with van der Waals surface area (Å²) in [5.41, 5.74) is 1.94. The number of para-hydroxylation sites is 1. The highest BCUT2D eigenvalue weighted by molar-refractivity contribution is 9.12. The summed E-state index contributed by atoms with van der Waals surface area (Å²) in [5, 5.41) is 12.6. The average Bonchev–Trinajstić information content (AvgIpc) is 2.81. The molecule has 0 aliphatic carbocycles. The van der Waals surface area contributed by atoms with Crippen molar-refractivity contribution in [1.29, 1.82) is 0 Å². The number of carbonyl (C=O) groups is 2. The molecule has 1 atom stereocenters. The molecule has 0 saturated heterocycles. The molecular weight excluding hydrogens is 362 g/mol. The van der Waals surface area contributed by atoms with Crippen molar-refractivity contribution in [3.05, 3.63) is 70.2 Å². The van der Waals surface area contributed by atoms with E-state index in [4.69, 9.17) is 4.74 Å². The molecule has 0 bridgehead atoms. The quantitative estimate of drug-likeness (QED) is 0.811. The van der Waals surface area contributed by atoms with Crippen molar-refractivity contribution in [2.75, 3.05) is 5.32 Å². The first-order chi connectivity index (χ1) is 11.1. The Kier molecular flexibility index (Phi) is 4.27. The number of benzene rings is 2. The Morgan fingerprint density at radius 1 is 1.13 bits per heavy atom. The predicted molar refractivity (Wildman–Crippen MR) is 88.8 cm³/mol. The Bertz CT molecular complexity index is 801. The Hall–Kier alpha value is -2.44. The maximum atomic E-state index is 12.3. The summed E-state index contributed by atoms with van der Waals surface area (Å²) in [4.78, 5) is 23.8. The molecule has 0 fully saturated rings. The van der Waals surface area contributed by atoms with Gasteiger partial charge in [-0.25, -0.2) is 4.79 Å². The Labute approximate surface area is 140 Å². The number of carbonyl (C=O) groups excluding carboxylic acids is 2. The number of anilines is 1. The zero-order valence-corrected chi connectivity index (χ0v) is 13.4. The van der Waals surface area contributed by atoms with Crippen molar-refractivity contribution < 1.29 is 19.4 Å². The molecule has 3 rings (SSSR count). The summed E-state index contributed by atoms with van der Waals surface area (Å²) in [5.74, 6) is -0.916. The van der Waals surface area contributed by atoms with Crippen molar-refractivity contribution in [2.24, 2.45) is 0 Å². The van der Waals surface area contributed by atoms with Gasteiger partial charge in [0.1, 0.15) is 4.48 Å².